The highest BCUT2D eigenvalue weighted by molar-refractivity contribution is 7.21. The van der Waals surface area contributed by atoms with Gasteiger partial charge in [-0.2, -0.15) is 5.10 Å². The summed E-state index contributed by atoms with van der Waals surface area (Å²) < 4.78 is 2.01. The lowest BCUT2D eigenvalue weighted by molar-refractivity contribution is 0.607. The summed E-state index contributed by atoms with van der Waals surface area (Å²) in [4.78, 5) is 14.9. The fraction of sp³-hybridized carbons (Fsp3) is 0.300. The number of aryl methyl sites for hydroxylation is 3. The van der Waals surface area contributed by atoms with Crippen LogP contribution in [0.25, 0.3) is 21.2 Å². The number of hydrogen-bond donors (Lipinski definition) is 0. The maximum Gasteiger partial charge on any atom is 0.187 e. The van der Waals surface area contributed by atoms with E-state index in [4.69, 9.17) is 15.1 Å². The van der Waals surface area contributed by atoms with Gasteiger partial charge < -0.3 is 0 Å². The molecule has 0 aliphatic heterocycles. The monoisotopic (exact) mass is 363 g/mol. The summed E-state index contributed by atoms with van der Waals surface area (Å²) >= 11 is 1.58. The second-order valence-corrected chi connectivity index (χ2v) is 7.24. The van der Waals surface area contributed by atoms with Crippen LogP contribution in [0, 0.1) is 0 Å². The summed E-state index contributed by atoms with van der Waals surface area (Å²) in [6.45, 7) is 2.98. The van der Waals surface area contributed by atoms with E-state index in [-0.39, 0.29) is 0 Å². The first-order valence-corrected chi connectivity index (χ1v) is 9.84. The molecule has 3 heterocycles. The van der Waals surface area contributed by atoms with Gasteiger partial charge in [0.25, 0.3) is 0 Å². The Labute approximate surface area is 156 Å². The van der Waals surface area contributed by atoms with Crippen LogP contribution < -0.4 is 0 Å². The summed E-state index contributed by atoms with van der Waals surface area (Å²) in [5.41, 5.74) is 2.22. The second kappa shape index (κ2) is 7.74. The van der Waals surface area contributed by atoms with Crippen molar-refractivity contribution in [3.63, 3.8) is 0 Å². The first-order valence-electron chi connectivity index (χ1n) is 9.03. The largest absolute Gasteiger partial charge is 0.244 e. The Morgan fingerprint density at radius 3 is 2.69 bits per heavy atom. The van der Waals surface area contributed by atoms with E-state index in [1.54, 1.807) is 17.5 Å². The van der Waals surface area contributed by atoms with Crippen LogP contribution in [-0.2, 0) is 19.4 Å². The van der Waals surface area contributed by atoms with Crippen LogP contribution in [0.15, 0.2) is 48.7 Å². The minimum absolute atomic E-state index is 0.793. The third-order valence-electron chi connectivity index (χ3n) is 4.28. The first-order chi connectivity index (χ1) is 12.8. The van der Waals surface area contributed by atoms with Crippen molar-refractivity contribution >= 4 is 21.7 Å². The minimum atomic E-state index is 0.793. The number of unbranched alkanes of at least 4 members (excludes halogenated alkanes) is 1. The third kappa shape index (κ3) is 3.65. The zero-order valence-electron chi connectivity index (χ0n) is 14.8. The van der Waals surface area contributed by atoms with E-state index >= 15 is 0 Å². The molecule has 5 nitrogen and oxygen atoms in total. The highest BCUT2D eigenvalue weighted by atomic mass is 32.1. The zero-order chi connectivity index (χ0) is 17.8. The highest BCUT2D eigenvalue weighted by Crippen LogP contribution is 2.28. The Kier molecular flexibility index (Phi) is 5.02. The van der Waals surface area contributed by atoms with E-state index in [0.29, 0.717) is 0 Å². The van der Waals surface area contributed by atoms with E-state index in [1.807, 2.05) is 22.9 Å². The molecule has 0 spiro atoms. The van der Waals surface area contributed by atoms with Crippen molar-refractivity contribution < 1.29 is 0 Å². The Hall–Kier alpha value is -2.60. The molecule has 0 fully saturated rings. The molecule has 1 aromatic carbocycles. The molecule has 0 radical (unpaired) electrons. The number of pyridine rings is 1. The van der Waals surface area contributed by atoms with Crippen molar-refractivity contribution in [2.75, 3.05) is 0 Å². The molecular weight excluding hydrogens is 342 g/mol. The van der Waals surface area contributed by atoms with Crippen molar-refractivity contribution in [3.05, 3.63) is 60.0 Å². The van der Waals surface area contributed by atoms with Gasteiger partial charge in [-0.25, -0.2) is 19.6 Å². The maximum atomic E-state index is 4.80. The normalized spacial score (nSPS) is 11.3. The van der Waals surface area contributed by atoms with Crippen LogP contribution in [0.2, 0.25) is 0 Å². The molecule has 3 aromatic heterocycles. The van der Waals surface area contributed by atoms with Crippen LogP contribution >= 0.6 is 11.3 Å². The number of thiazole rings is 1. The van der Waals surface area contributed by atoms with Crippen molar-refractivity contribution in [1.29, 1.82) is 0 Å². The molecular formula is C20H21N5S. The summed E-state index contributed by atoms with van der Waals surface area (Å²) in [6.07, 6.45) is 5.87. The van der Waals surface area contributed by atoms with Gasteiger partial charge in [-0.3, -0.25) is 0 Å². The molecule has 6 heteroatoms. The van der Waals surface area contributed by atoms with E-state index in [0.717, 1.165) is 59.2 Å². The molecule has 0 saturated heterocycles. The van der Waals surface area contributed by atoms with E-state index < -0.39 is 0 Å². The molecule has 4 aromatic rings. The molecule has 0 atom stereocenters. The number of nitrogens with zero attached hydrogens (tertiary/aromatic N) is 5. The van der Waals surface area contributed by atoms with Crippen LogP contribution in [0.4, 0.5) is 0 Å². The van der Waals surface area contributed by atoms with E-state index in [1.165, 1.54) is 5.56 Å². The molecule has 0 aliphatic rings. The molecule has 0 unspecified atom stereocenters. The van der Waals surface area contributed by atoms with Gasteiger partial charge in [-0.1, -0.05) is 55.0 Å². The standard InChI is InChI=1S/C20H21N5S/c1-2-3-11-17-23-18(20-22-16-10-7-13-21-19(16)26-20)25(24-17)14-12-15-8-5-4-6-9-15/h4-10,13H,2-3,11-12,14H2,1H3. The second-order valence-electron chi connectivity index (χ2n) is 6.26. The lowest BCUT2D eigenvalue weighted by Crippen LogP contribution is -2.05. The summed E-state index contributed by atoms with van der Waals surface area (Å²) in [5.74, 6) is 1.76. The molecule has 0 N–H and O–H groups in total. The number of hydrogen-bond acceptors (Lipinski definition) is 5. The molecule has 0 saturated carbocycles. The van der Waals surface area contributed by atoms with Gasteiger partial charge in [0.2, 0.25) is 0 Å². The van der Waals surface area contributed by atoms with Gasteiger partial charge in [0.15, 0.2) is 16.7 Å². The average Bonchev–Trinajstić information content (AvgIpc) is 3.29. The SMILES string of the molecule is CCCCc1nc(-c2nc3cccnc3s2)n(CCc2ccccc2)n1. The van der Waals surface area contributed by atoms with Gasteiger partial charge in [-0.15, -0.1) is 0 Å². The number of fused-ring (bicyclic) bond motifs is 1. The van der Waals surface area contributed by atoms with Gasteiger partial charge in [-0.05, 0) is 30.5 Å². The van der Waals surface area contributed by atoms with Gasteiger partial charge >= 0.3 is 0 Å². The molecule has 0 aliphatic carbocycles. The Morgan fingerprint density at radius 1 is 1.00 bits per heavy atom. The fourth-order valence-corrected chi connectivity index (χ4v) is 3.79. The molecule has 26 heavy (non-hydrogen) atoms. The molecule has 0 amide bonds. The quantitative estimate of drug-likeness (QED) is 0.484. The zero-order valence-corrected chi connectivity index (χ0v) is 15.6. The van der Waals surface area contributed by atoms with Gasteiger partial charge in [0.1, 0.15) is 10.3 Å². The van der Waals surface area contributed by atoms with E-state index in [2.05, 4.69) is 36.2 Å². The van der Waals surface area contributed by atoms with Crippen LogP contribution in [0.1, 0.15) is 31.2 Å². The lowest BCUT2D eigenvalue weighted by Gasteiger charge is -2.04. The fourth-order valence-electron chi connectivity index (χ4n) is 2.89. The summed E-state index contributed by atoms with van der Waals surface area (Å²) in [7, 11) is 0. The summed E-state index contributed by atoms with van der Waals surface area (Å²) in [5, 5.41) is 5.65. The van der Waals surface area contributed by atoms with Crippen LogP contribution in [0.5, 0.6) is 0 Å². The predicted octanol–water partition coefficient (Wildman–Crippen LogP) is 4.54. The van der Waals surface area contributed by atoms with Crippen LogP contribution in [-0.4, -0.2) is 24.7 Å². The topological polar surface area (TPSA) is 56.5 Å². The predicted molar refractivity (Wildman–Crippen MR) is 105 cm³/mol. The third-order valence-corrected chi connectivity index (χ3v) is 5.26. The Balaban J connectivity index is 1.65. The van der Waals surface area contributed by atoms with Gasteiger partial charge in [0.05, 0.1) is 0 Å². The number of benzene rings is 1. The van der Waals surface area contributed by atoms with Crippen molar-refractivity contribution in [2.24, 2.45) is 0 Å². The van der Waals surface area contributed by atoms with Gasteiger partial charge in [0, 0.05) is 19.2 Å². The number of rotatable bonds is 7. The highest BCUT2D eigenvalue weighted by Gasteiger charge is 2.16. The van der Waals surface area contributed by atoms with Crippen molar-refractivity contribution in [2.45, 2.75) is 39.2 Å². The van der Waals surface area contributed by atoms with Crippen molar-refractivity contribution in [1.82, 2.24) is 24.7 Å². The first kappa shape index (κ1) is 16.8. The van der Waals surface area contributed by atoms with E-state index in [9.17, 15) is 0 Å². The van der Waals surface area contributed by atoms with Crippen LogP contribution in [0.3, 0.4) is 0 Å². The molecule has 4 rings (SSSR count). The Bertz CT molecular complexity index is 957. The molecule has 0 bridgehead atoms. The van der Waals surface area contributed by atoms with Crippen molar-refractivity contribution in [3.8, 4) is 10.8 Å². The average molecular weight is 363 g/mol. The smallest absolute Gasteiger partial charge is 0.187 e. The number of aromatic nitrogens is 5. The minimum Gasteiger partial charge on any atom is -0.244 e. The summed E-state index contributed by atoms with van der Waals surface area (Å²) in [6, 6.07) is 14.4. The lowest BCUT2D eigenvalue weighted by atomic mass is 10.1. The maximum absolute atomic E-state index is 4.80. The Morgan fingerprint density at radius 2 is 1.88 bits per heavy atom. The molecule has 132 valence electrons.